The van der Waals surface area contributed by atoms with E-state index >= 15 is 0 Å². The Balaban J connectivity index is 0.000000479. The van der Waals surface area contributed by atoms with Crippen LogP contribution in [0.15, 0.2) is 60.0 Å². The van der Waals surface area contributed by atoms with E-state index in [4.69, 9.17) is 14.7 Å². The molecule has 4 rings (SSSR count). The molecule has 1 unspecified atom stereocenters. The molecule has 0 saturated carbocycles. The second-order valence-electron chi connectivity index (χ2n) is 8.74. The molecule has 0 bridgehead atoms. The molecule has 1 saturated heterocycles. The van der Waals surface area contributed by atoms with Crippen LogP contribution in [0.25, 0.3) is 0 Å². The zero-order valence-corrected chi connectivity index (χ0v) is 19.9. The number of amides is 2. The summed E-state index contributed by atoms with van der Waals surface area (Å²) in [4.78, 5) is 45.8. The SMILES string of the molecule is O=C(NCc1cccnc1)C1=NOC2(CCCN(C(=O)CCc3ccccc3)C2)C1.O=C(O)C(F)(F)F. The van der Waals surface area contributed by atoms with E-state index in [1.807, 2.05) is 47.4 Å². The number of rotatable bonds is 6. The first-order valence-corrected chi connectivity index (χ1v) is 11.6. The molecule has 1 fully saturated rings. The van der Waals surface area contributed by atoms with Crippen molar-refractivity contribution in [1.29, 1.82) is 0 Å². The largest absolute Gasteiger partial charge is 0.490 e. The van der Waals surface area contributed by atoms with Crippen LogP contribution in [-0.4, -0.2) is 63.4 Å². The number of carbonyl (C=O) groups excluding carboxylic acids is 2. The lowest BCUT2D eigenvalue weighted by atomic mass is 9.87. The number of likely N-dealkylation sites (tertiary alicyclic amines) is 1. The predicted molar refractivity (Wildman–Crippen MR) is 126 cm³/mol. The van der Waals surface area contributed by atoms with Crippen LogP contribution in [0.3, 0.4) is 0 Å². The Morgan fingerprint density at radius 3 is 2.46 bits per heavy atom. The zero-order valence-electron chi connectivity index (χ0n) is 19.9. The van der Waals surface area contributed by atoms with E-state index < -0.39 is 17.7 Å². The smallest absolute Gasteiger partial charge is 0.475 e. The first-order valence-electron chi connectivity index (χ1n) is 11.6. The number of benzene rings is 1. The summed E-state index contributed by atoms with van der Waals surface area (Å²) >= 11 is 0. The molecule has 12 heteroatoms. The second-order valence-corrected chi connectivity index (χ2v) is 8.74. The molecule has 1 aromatic heterocycles. The van der Waals surface area contributed by atoms with Crippen LogP contribution in [0.2, 0.25) is 0 Å². The minimum atomic E-state index is -5.08. The minimum Gasteiger partial charge on any atom is -0.475 e. The highest BCUT2D eigenvalue weighted by Crippen LogP contribution is 2.33. The fraction of sp³-hybridized carbons (Fsp3) is 0.400. The van der Waals surface area contributed by atoms with Gasteiger partial charge in [0.05, 0.1) is 6.54 Å². The van der Waals surface area contributed by atoms with Crippen molar-refractivity contribution in [2.75, 3.05) is 13.1 Å². The van der Waals surface area contributed by atoms with E-state index in [0.29, 0.717) is 31.6 Å². The van der Waals surface area contributed by atoms with Crippen LogP contribution in [0.1, 0.15) is 36.8 Å². The molecule has 2 aromatic rings. The van der Waals surface area contributed by atoms with Gasteiger partial charge in [0.1, 0.15) is 5.71 Å². The van der Waals surface area contributed by atoms with Gasteiger partial charge in [0.2, 0.25) is 5.91 Å². The number of nitrogens with zero attached hydrogens (tertiary/aromatic N) is 3. The first kappa shape index (κ1) is 27.6. The molecule has 2 aliphatic heterocycles. The van der Waals surface area contributed by atoms with E-state index in [-0.39, 0.29) is 11.8 Å². The zero-order chi connectivity index (χ0) is 26.9. The quantitative estimate of drug-likeness (QED) is 0.604. The molecule has 2 amide bonds. The van der Waals surface area contributed by atoms with Crippen LogP contribution in [0, 0.1) is 0 Å². The maximum absolute atomic E-state index is 12.7. The predicted octanol–water partition coefficient (Wildman–Crippen LogP) is 3.10. The number of carboxylic acid groups (broad SMARTS) is 1. The van der Waals surface area contributed by atoms with Gasteiger partial charge in [-0.05, 0) is 36.5 Å². The maximum atomic E-state index is 12.7. The molecule has 1 aromatic carbocycles. The van der Waals surface area contributed by atoms with Crippen LogP contribution < -0.4 is 5.32 Å². The number of hydrogen-bond donors (Lipinski definition) is 2. The van der Waals surface area contributed by atoms with Crippen molar-refractivity contribution in [3.8, 4) is 0 Å². The molecule has 0 aliphatic carbocycles. The Bertz CT molecular complexity index is 1110. The Morgan fingerprint density at radius 2 is 1.81 bits per heavy atom. The Kier molecular flexibility index (Phi) is 9.20. The Labute approximate surface area is 211 Å². The van der Waals surface area contributed by atoms with Gasteiger partial charge in [-0.2, -0.15) is 13.2 Å². The highest BCUT2D eigenvalue weighted by atomic mass is 19.4. The van der Waals surface area contributed by atoms with E-state index in [2.05, 4.69) is 15.5 Å². The van der Waals surface area contributed by atoms with Crippen molar-refractivity contribution in [3.63, 3.8) is 0 Å². The minimum absolute atomic E-state index is 0.121. The fourth-order valence-corrected chi connectivity index (χ4v) is 4.01. The Morgan fingerprint density at radius 1 is 1.11 bits per heavy atom. The summed E-state index contributed by atoms with van der Waals surface area (Å²) in [6.45, 7) is 1.59. The third-order valence-electron chi connectivity index (χ3n) is 5.88. The average molecular weight is 521 g/mol. The van der Waals surface area contributed by atoms with Gasteiger partial charge in [-0.1, -0.05) is 41.6 Å². The van der Waals surface area contributed by atoms with E-state index in [0.717, 1.165) is 36.9 Å². The summed E-state index contributed by atoms with van der Waals surface area (Å²) < 4.78 is 31.7. The number of halogens is 3. The molecule has 1 atom stereocenters. The summed E-state index contributed by atoms with van der Waals surface area (Å²) in [6, 6.07) is 13.8. The number of aliphatic carboxylic acids is 1. The molecule has 3 heterocycles. The third kappa shape index (κ3) is 8.29. The van der Waals surface area contributed by atoms with Crippen molar-refractivity contribution in [1.82, 2.24) is 15.2 Å². The van der Waals surface area contributed by atoms with E-state index in [1.165, 1.54) is 0 Å². The molecule has 0 radical (unpaired) electrons. The monoisotopic (exact) mass is 520 g/mol. The number of piperidine rings is 1. The van der Waals surface area contributed by atoms with Crippen LogP contribution >= 0.6 is 0 Å². The van der Waals surface area contributed by atoms with Gasteiger partial charge in [-0.15, -0.1) is 0 Å². The van der Waals surface area contributed by atoms with Crippen molar-refractivity contribution in [2.24, 2.45) is 5.16 Å². The number of aryl methyl sites for hydroxylation is 1. The topological polar surface area (TPSA) is 121 Å². The maximum Gasteiger partial charge on any atom is 0.490 e. The molecule has 2 aliphatic rings. The third-order valence-corrected chi connectivity index (χ3v) is 5.88. The fourth-order valence-electron chi connectivity index (χ4n) is 4.01. The van der Waals surface area contributed by atoms with Crippen LogP contribution in [-0.2, 0) is 32.2 Å². The van der Waals surface area contributed by atoms with Gasteiger partial charge in [0.15, 0.2) is 5.60 Å². The van der Waals surface area contributed by atoms with E-state index in [9.17, 15) is 22.8 Å². The van der Waals surface area contributed by atoms with Crippen LogP contribution in [0.5, 0.6) is 0 Å². The standard InChI is InChI=1S/C23H26N4O3.C2HF3O2/c28-21(10-9-18-6-2-1-3-7-18)27-13-5-11-23(17-27)14-20(26-30-23)22(29)25-16-19-8-4-12-24-15-19;3-2(4,5)1(6)7/h1-4,6-8,12,15H,5,9-11,13-14,16-17H2,(H,25,29);(H,6,7). The summed E-state index contributed by atoms with van der Waals surface area (Å²) in [5.41, 5.74) is 1.89. The summed E-state index contributed by atoms with van der Waals surface area (Å²) in [5.74, 6) is -2.87. The van der Waals surface area contributed by atoms with Crippen molar-refractivity contribution >= 4 is 23.5 Å². The van der Waals surface area contributed by atoms with Crippen molar-refractivity contribution in [3.05, 3.63) is 66.0 Å². The molecular formula is C25H27F3N4O5. The number of oxime groups is 1. The summed E-state index contributed by atoms with van der Waals surface area (Å²) in [6.07, 6.45) is 1.58. The van der Waals surface area contributed by atoms with Crippen LogP contribution in [0.4, 0.5) is 13.2 Å². The normalized spacial score (nSPS) is 18.8. The van der Waals surface area contributed by atoms with Gasteiger partial charge in [0, 0.05) is 38.3 Å². The average Bonchev–Trinajstić information content (AvgIpc) is 3.29. The number of aromatic nitrogens is 1. The second kappa shape index (κ2) is 12.3. The lowest BCUT2D eigenvalue weighted by Gasteiger charge is -2.38. The first-order chi connectivity index (χ1) is 17.6. The highest BCUT2D eigenvalue weighted by molar-refractivity contribution is 6.39. The molecule has 37 heavy (non-hydrogen) atoms. The number of carbonyl (C=O) groups is 3. The molecule has 2 N–H and O–H groups in total. The van der Waals surface area contributed by atoms with Gasteiger partial charge >= 0.3 is 12.1 Å². The Hall–Kier alpha value is -3.96. The molecule has 198 valence electrons. The summed E-state index contributed by atoms with van der Waals surface area (Å²) in [5, 5.41) is 14.1. The van der Waals surface area contributed by atoms with Gasteiger partial charge in [-0.3, -0.25) is 14.6 Å². The van der Waals surface area contributed by atoms with Crippen molar-refractivity contribution in [2.45, 2.75) is 50.4 Å². The van der Waals surface area contributed by atoms with Crippen molar-refractivity contribution < 1.29 is 37.5 Å². The number of alkyl halides is 3. The highest BCUT2D eigenvalue weighted by Gasteiger charge is 2.45. The summed E-state index contributed by atoms with van der Waals surface area (Å²) in [7, 11) is 0. The lowest BCUT2D eigenvalue weighted by Crippen LogP contribution is -2.51. The number of nitrogens with one attached hydrogen (secondary N) is 1. The molecular weight excluding hydrogens is 493 g/mol. The van der Waals surface area contributed by atoms with Gasteiger partial charge in [0.25, 0.3) is 5.91 Å². The molecule has 9 nitrogen and oxygen atoms in total. The molecule has 1 spiro atoms. The lowest BCUT2D eigenvalue weighted by molar-refractivity contribution is -0.192. The number of carboxylic acids is 1. The van der Waals surface area contributed by atoms with Gasteiger partial charge < -0.3 is 20.2 Å². The van der Waals surface area contributed by atoms with Gasteiger partial charge in [-0.25, -0.2) is 4.79 Å². The number of hydrogen-bond acceptors (Lipinski definition) is 6. The number of pyridine rings is 1. The van der Waals surface area contributed by atoms with E-state index in [1.54, 1.807) is 12.4 Å².